The van der Waals surface area contributed by atoms with E-state index < -0.39 is 0 Å². The number of quaternary nitrogens is 1. The minimum atomic E-state index is -0.374. The van der Waals surface area contributed by atoms with Crippen molar-refractivity contribution in [2.45, 2.75) is 104 Å². The van der Waals surface area contributed by atoms with Gasteiger partial charge in [-0.2, -0.15) is 0 Å². The summed E-state index contributed by atoms with van der Waals surface area (Å²) in [4.78, 5) is 4.30. The summed E-state index contributed by atoms with van der Waals surface area (Å²) >= 11 is 0. The number of hydrogen-bond donors (Lipinski definition) is 0. The van der Waals surface area contributed by atoms with Crippen molar-refractivity contribution in [3.63, 3.8) is 0 Å². The molecule has 0 amide bonds. The van der Waals surface area contributed by atoms with E-state index in [1.807, 2.05) is 12.4 Å². The zero-order valence-electron chi connectivity index (χ0n) is 44.1. The van der Waals surface area contributed by atoms with Crippen LogP contribution in [-0.2, 0) is 22.8 Å². The Kier molecular flexibility index (Phi) is 14.6. The summed E-state index contributed by atoms with van der Waals surface area (Å²) in [6.07, 6.45) is 13.4. The summed E-state index contributed by atoms with van der Waals surface area (Å²) in [7, 11) is 6.85. The molecular weight excluding hydrogens is 847 g/mol. The van der Waals surface area contributed by atoms with Crippen LogP contribution in [0.25, 0.3) is 44.5 Å². The molecule has 8 aromatic rings. The van der Waals surface area contributed by atoms with Crippen molar-refractivity contribution in [1.82, 2.24) is 4.98 Å². The second-order valence-electron chi connectivity index (χ2n) is 23.2. The first kappa shape index (κ1) is 50.0. The number of pyridine rings is 2. The molecule has 8 rings (SSSR count). The number of hydrogen-bond acceptors (Lipinski definition) is 1. The minimum absolute atomic E-state index is 0.0120. The Balaban J connectivity index is 1.03. The third-order valence-corrected chi connectivity index (χ3v) is 15.5. The smallest absolute Gasteiger partial charge is 0.169 e. The van der Waals surface area contributed by atoms with E-state index in [4.69, 9.17) is 0 Å². The molecule has 0 saturated heterocycles. The fraction of sp³-hybridized carbons (Fsp3) is 0.313. The Morgan fingerprint density at radius 1 is 0.357 bits per heavy atom. The number of rotatable bonds is 16. The summed E-state index contributed by atoms with van der Waals surface area (Å²) in [6.45, 7) is 20.8. The molecule has 3 heteroatoms. The Hall–Kier alpha value is -6.42. The molecule has 2 unspecified atom stereocenters. The average molecular weight is 924 g/mol. The maximum Gasteiger partial charge on any atom is 0.169 e. The number of unbranched alkanes of at least 4 members (excludes halogenated alkanes) is 3. The fourth-order valence-electron chi connectivity index (χ4n) is 10.3. The predicted octanol–water partition coefficient (Wildman–Crippen LogP) is 16.3. The molecule has 0 N–H and O–H groups in total. The Labute approximate surface area is 421 Å². The van der Waals surface area contributed by atoms with Gasteiger partial charge in [-0.1, -0.05) is 194 Å². The van der Waals surface area contributed by atoms with Gasteiger partial charge in [0, 0.05) is 41.8 Å². The molecule has 2 aromatic heterocycles. The quantitative estimate of drug-likeness (QED) is 0.0536. The van der Waals surface area contributed by atoms with Crippen LogP contribution in [0, 0.1) is 5.41 Å². The first-order valence-corrected chi connectivity index (χ1v) is 25.7. The lowest BCUT2D eigenvalue weighted by Crippen LogP contribution is -2.38. The molecule has 0 bridgehead atoms. The molecule has 2 heterocycles. The second-order valence-corrected chi connectivity index (χ2v) is 23.2. The fourth-order valence-corrected chi connectivity index (χ4v) is 10.3. The van der Waals surface area contributed by atoms with Crippen molar-refractivity contribution in [1.29, 1.82) is 0 Å². The van der Waals surface area contributed by atoms with Gasteiger partial charge in [-0.25, -0.2) is 4.57 Å². The van der Waals surface area contributed by atoms with Gasteiger partial charge in [0.05, 0.1) is 27.7 Å². The molecular formula is C67H77N3+2. The highest BCUT2D eigenvalue weighted by Crippen LogP contribution is 2.47. The lowest BCUT2D eigenvalue weighted by molar-refractivity contribution is -0.870. The highest BCUT2D eigenvalue weighted by molar-refractivity contribution is 5.73. The molecule has 0 radical (unpaired) electrons. The van der Waals surface area contributed by atoms with Crippen molar-refractivity contribution >= 4 is 0 Å². The zero-order valence-corrected chi connectivity index (χ0v) is 44.1. The van der Waals surface area contributed by atoms with E-state index >= 15 is 0 Å². The van der Waals surface area contributed by atoms with E-state index in [0.717, 1.165) is 11.0 Å². The molecule has 3 nitrogen and oxygen atoms in total. The van der Waals surface area contributed by atoms with Crippen LogP contribution in [-0.4, -0.2) is 37.2 Å². The van der Waals surface area contributed by atoms with Crippen LogP contribution in [0.5, 0.6) is 0 Å². The summed E-state index contributed by atoms with van der Waals surface area (Å²) < 4.78 is 3.40. The maximum absolute atomic E-state index is 4.30. The highest BCUT2D eigenvalue weighted by Gasteiger charge is 2.40. The van der Waals surface area contributed by atoms with E-state index in [0.29, 0.717) is 0 Å². The lowest BCUT2D eigenvalue weighted by atomic mass is 9.60. The van der Waals surface area contributed by atoms with Crippen LogP contribution in [0.3, 0.4) is 0 Å². The molecule has 70 heavy (non-hydrogen) atoms. The Bertz CT molecular complexity index is 2910. The molecule has 358 valence electrons. The molecule has 0 fully saturated rings. The van der Waals surface area contributed by atoms with Crippen LogP contribution >= 0.6 is 0 Å². The van der Waals surface area contributed by atoms with E-state index in [1.165, 1.54) is 110 Å². The van der Waals surface area contributed by atoms with Gasteiger partial charge in [0.1, 0.15) is 6.54 Å². The molecule has 6 aromatic carbocycles. The van der Waals surface area contributed by atoms with Gasteiger partial charge >= 0.3 is 0 Å². The number of nitrogens with zero attached hydrogens (tertiary/aromatic N) is 3. The Morgan fingerprint density at radius 3 is 1.03 bits per heavy atom. The van der Waals surface area contributed by atoms with Crippen molar-refractivity contribution in [3.05, 3.63) is 228 Å². The van der Waals surface area contributed by atoms with Crippen LogP contribution in [0.2, 0.25) is 0 Å². The van der Waals surface area contributed by atoms with E-state index in [2.05, 4.69) is 268 Å². The molecule has 0 aliphatic heterocycles. The minimum Gasteiger partial charge on any atom is -0.331 e. The lowest BCUT2D eigenvalue weighted by Gasteiger charge is -2.43. The van der Waals surface area contributed by atoms with Crippen molar-refractivity contribution in [2.24, 2.45) is 5.41 Å². The van der Waals surface area contributed by atoms with Gasteiger partial charge in [0.25, 0.3) is 0 Å². The number of benzene rings is 6. The Morgan fingerprint density at radius 2 is 0.671 bits per heavy atom. The van der Waals surface area contributed by atoms with Crippen LogP contribution in [0.1, 0.15) is 114 Å². The largest absolute Gasteiger partial charge is 0.331 e. The first-order valence-electron chi connectivity index (χ1n) is 25.7. The normalized spacial score (nSPS) is 13.9. The summed E-state index contributed by atoms with van der Waals surface area (Å²) in [5, 5.41) is 0. The topological polar surface area (TPSA) is 16.8 Å². The highest BCUT2D eigenvalue weighted by atomic mass is 15.3. The van der Waals surface area contributed by atoms with Gasteiger partial charge in [0.15, 0.2) is 12.4 Å². The van der Waals surface area contributed by atoms with Crippen LogP contribution in [0.15, 0.2) is 195 Å². The monoisotopic (exact) mass is 924 g/mol. The van der Waals surface area contributed by atoms with Gasteiger partial charge in [-0.05, 0) is 127 Å². The predicted molar refractivity (Wildman–Crippen MR) is 297 cm³/mol. The average Bonchev–Trinajstić information content (AvgIpc) is 3.37. The third-order valence-electron chi connectivity index (χ3n) is 15.5. The SMILES string of the molecule is CC(C)(C)c1ccc(-c2ccc(-c3ccc(C(C)(c4ccc(-c5ccc(-c6ccc(C(C)(c7ccncc7)C(C)(C)C)cc6)cc5)cc4)c4cc[n+](CCCCCC[N+](C)(C)C)cc4)cc3)cc2)cc1. The van der Waals surface area contributed by atoms with Crippen LogP contribution in [0.4, 0.5) is 0 Å². The number of aryl methyl sites for hydroxylation is 1. The van der Waals surface area contributed by atoms with Crippen molar-refractivity contribution < 1.29 is 9.05 Å². The van der Waals surface area contributed by atoms with Gasteiger partial charge in [0.2, 0.25) is 0 Å². The van der Waals surface area contributed by atoms with Gasteiger partial charge < -0.3 is 4.48 Å². The van der Waals surface area contributed by atoms with Crippen LogP contribution < -0.4 is 4.57 Å². The van der Waals surface area contributed by atoms with E-state index in [1.54, 1.807) is 0 Å². The van der Waals surface area contributed by atoms with E-state index in [9.17, 15) is 0 Å². The molecule has 0 spiro atoms. The van der Waals surface area contributed by atoms with E-state index in [-0.39, 0.29) is 21.7 Å². The summed E-state index contributed by atoms with van der Waals surface area (Å²) in [6, 6.07) is 63.9. The van der Waals surface area contributed by atoms with Crippen molar-refractivity contribution in [3.8, 4) is 44.5 Å². The molecule has 2 atom stereocenters. The first-order chi connectivity index (χ1) is 33.3. The van der Waals surface area contributed by atoms with Crippen molar-refractivity contribution in [2.75, 3.05) is 27.7 Å². The summed E-state index contributed by atoms with van der Waals surface area (Å²) in [5.74, 6) is 0. The standard InChI is InChI=1S/C67H77N3/c1-64(2,3)58-32-24-54(25-33-58)50-16-18-51(19-17-50)55-26-34-59(35-27-55)66(7,61-42-47-69(48-43-61)46-14-12-13-15-49-70(9,10)11)60-36-28-56(29-37-60)52-20-22-53(23-21-52)57-30-38-62(39-31-57)67(8,65(4,5)6)63-40-44-68-45-41-63/h16-45,47-48H,12-15,46,49H2,1-11H3/q+2. The zero-order chi connectivity index (χ0) is 49.7. The molecule has 0 saturated carbocycles. The second kappa shape index (κ2) is 20.5. The molecule has 0 aliphatic rings. The number of aromatic nitrogens is 2. The van der Waals surface area contributed by atoms with Gasteiger partial charge in [-0.15, -0.1) is 0 Å². The maximum atomic E-state index is 4.30. The summed E-state index contributed by atoms with van der Waals surface area (Å²) in [5.41, 5.74) is 17.2. The molecule has 0 aliphatic carbocycles. The third kappa shape index (κ3) is 11.1. The van der Waals surface area contributed by atoms with Gasteiger partial charge in [-0.3, -0.25) is 4.98 Å².